The van der Waals surface area contributed by atoms with E-state index >= 15 is 0 Å². The molecule has 19 heavy (non-hydrogen) atoms. The molecule has 1 unspecified atom stereocenters. The van der Waals surface area contributed by atoms with Gasteiger partial charge in [0.1, 0.15) is 12.7 Å². The maximum atomic E-state index is 11.8. The lowest BCUT2D eigenvalue weighted by Gasteiger charge is -2.11. The van der Waals surface area contributed by atoms with Crippen LogP contribution in [0.5, 0.6) is 0 Å². The number of rotatable bonds is 5. The van der Waals surface area contributed by atoms with Gasteiger partial charge in [0.25, 0.3) is 0 Å². The normalized spacial score (nSPS) is 11.8. The molecule has 1 amide bonds. The minimum absolute atomic E-state index is 0.235. The third-order valence-electron chi connectivity index (χ3n) is 2.59. The van der Waals surface area contributed by atoms with Crippen molar-refractivity contribution in [3.8, 4) is 5.69 Å². The van der Waals surface area contributed by atoms with Crippen molar-refractivity contribution in [1.29, 1.82) is 0 Å². The molecule has 0 bridgehead atoms. The van der Waals surface area contributed by atoms with Gasteiger partial charge in [0, 0.05) is 5.69 Å². The van der Waals surface area contributed by atoms with Crippen LogP contribution in [0.3, 0.4) is 0 Å². The van der Waals surface area contributed by atoms with Gasteiger partial charge in [0.05, 0.1) is 11.7 Å². The van der Waals surface area contributed by atoms with E-state index in [1.165, 1.54) is 0 Å². The highest BCUT2D eigenvalue weighted by Crippen LogP contribution is 2.14. The molecule has 0 spiro atoms. The Bertz CT molecular complexity index is 564. The predicted molar refractivity (Wildman–Crippen MR) is 72.8 cm³/mol. The molecule has 0 saturated heterocycles. The summed E-state index contributed by atoms with van der Waals surface area (Å²) < 4.78 is 1.75. The molecule has 6 heteroatoms. The number of aromatic nitrogens is 3. The van der Waals surface area contributed by atoms with Crippen LogP contribution in [0.15, 0.2) is 49.6 Å². The Morgan fingerprint density at radius 1 is 1.47 bits per heavy atom. The van der Waals surface area contributed by atoms with Crippen molar-refractivity contribution in [3.63, 3.8) is 0 Å². The van der Waals surface area contributed by atoms with Gasteiger partial charge in [-0.05, 0) is 24.6 Å². The molecule has 2 rings (SSSR count). The standard InChI is InChI=1S/C13H15N5O/c1-2-4-12(14)13(19)17-10-5-3-6-11(7-10)18-8-15-16-9-18/h2-3,5-9,12H,1,4,14H2,(H,17,19). The van der Waals surface area contributed by atoms with Gasteiger partial charge in [0.2, 0.25) is 5.91 Å². The van der Waals surface area contributed by atoms with Crippen LogP contribution in [-0.2, 0) is 4.79 Å². The molecule has 0 fully saturated rings. The Hall–Kier alpha value is -2.47. The number of amides is 1. The predicted octanol–water partition coefficient (Wildman–Crippen LogP) is 1.11. The van der Waals surface area contributed by atoms with Crippen LogP contribution in [0.25, 0.3) is 5.69 Å². The van der Waals surface area contributed by atoms with E-state index in [4.69, 9.17) is 5.73 Å². The Morgan fingerprint density at radius 3 is 2.89 bits per heavy atom. The van der Waals surface area contributed by atoms with Gasteiger partial charge in [-0.3, -0.25) is 9.36 Å². The third-order valence-corrected chi connectivity index (χ3v) is 2.59. The first-order chi connectivity index (χ1) is 9.20. The zero-order valence-corrected chi connectivity index (χ0v) is 10.4. The lowest BCUT2D eigenvalue weighted by molar-refractivity contribution is -0.117. The second kappa shape index (κ2) is 5.92. The highest BCUT2D eigenvalue weighted by molar-refractivity contribution is 5.94. The maximum absolute atomic E-state index is 11.8. The fourth-order valence-corrected chi connectivity index (χ4v) is 1.60. The number of hydrogen-bond acceptors (Lipinski definition) is 4. The average Bonchev–Trinajstić information content (AvgIpc) is 2.93. The second-order valence-electron chi connectivity index (χ2n) is 4.04. The van der Waals surface area contributed by atoms with Crippen molar-refractivity contribution >= 4 is 11.6 Å². The summed E-state index contributed by atoms with van der Waals surface area (Å²) in [7, 11) is 0. The number of hydrogen-bond donors (Lipinski definition) is 2. The van der Waals surface area contributed by atoms with Crippen molar-refractivity contribution in [1.82, 2.24) is 14.8 Å². The van der Waals surface area contributed by atoms with Crippen LogP contribution in [0, 0.1) is 0 Å². The Morgan fingerprint density at radius 2 is 2.21 bits per heavy atom. The second-order valence-corrected chi connectivity index (χ2v) is 4.04. The first kappa shape index (κ1) is 13.0. The molecule has 3 N–H and O–H groups in total. The zero-order valence-electron chi connectivity index (χ0n) is 10.4. The molecule has 2 aromatic rings. The van der Waals surface area contributed by atoms with Gasteiger partial charge < -0.3 is 11.1 Å². The van der Waals surface area contributed by atoms with E-state index in [2.05, 4.69) is 22.1 Å². The largest absolute Gasteiger partial charge is 0.325 e. The molecule has 0 aliphatic rings. The lowest BCUT2D eigenvalue weighted by atomic mass is 10.2. The molecule has 1 aromatic heterocycles. The number of nitrogens with one attached hydrogen (secondary N) is 1. The van der Waals surface area contributed by atoms with Gasteiger partial charge in [-0.25, -0.2) is 0 Å². The van der Waals surface area contributed by atoms with Gasteiger partial charge >= 0.3 is 0 Å². The molecule has 1 atom stereocenters. The molecule has 0 aliphatic heterocycles. The minimum Gasteiger partial charge on any atom is -0.325 e. The Kier molecular flexibility index (Phi) is 4.04. The summed E-state index contributed by atoms with van der Waals surface area (Å²) in [5, 5.41) is 10.2. The summed E-state index contributed by atoms with van der Waals surface area (Å²) in [5.74, 6) is -0.235. The van der Waals surface area contributed by atoms with Crippen LogP contribution < -0.4 is 11.1 Å². The van der Waals surface area contributed by atoms with Crippen LogP contribution in [0.1, 0.15) is 6.42 Å². The van der Waals surface area contributed by atoms with Crippen molar-refractivity contribution in [3.05, 3.63) is 49.6 Å². The molecule has 98 valence electrons. The smallest absolute Gasteiger partial charge is 0.241 e. The molecular formula is C13H15N5O. The minimum atomic E-state index is -0.587. The molecule has 0 saturated carbocycles. The van der Waals surface area contributed by atoms with Crippen molar-refractivity contribution < 1.29 is 4.79 Å². The van der Waals surface area contributed by atoms with Crippen molar-refractivity contribution in [2.75, 3.05) is 5.32 Å². The van der Waals surface area contributed by atoms with E-state index < -0.39 is 6.04 Å². The number of anilines is 1. The van der Waals surface area contributed by atoms with Gasteiger partial charge in [-0.2, -0.15) is 0 Å². The lowest BCUT2D eigenvalue weighted by Crippen LogP contribution is -2.35. The fraction of sp³-hybridized carbons (Fsp3) is 0.154. The van der Waals surface area contributed by atoms with Crippen molar-refractivity contribution in [2.45, 2.75) is 12.5 Å². The van der Waals surface area contributed by atoms with Gasteiger partial charge in [-0.1, -0.05) is 12.1 Å². The summed E-state index contributed by atoms with van der Waals surface area (Å²) in [5.41, 5.74) is 7.24. The number of nitrogens with two attached hydrogens (primary N) is 1. The highest BCUT2D eigenvalue weighted by atomic mass is 16.2. The fourth-order valence-electron chi connectivity index (χ4n) is 1.60. The number of benzene rings is 1. The quantitative estimate of drug-likeness (QED) is 0.786. The maximum Gasteiger partial charge on any atom is 0.241 e. The number of carbonyl (C=O) groups is 1. The highest BCUT2D eigenvalue weighted by Gasteiger charge is 2.11. The summed E-state index contributed by atoms with van der Waals surface area (Å²) in [6, 6.07) is 6.76. The average molecular weight is 257 g/mol. The topological polar surface area (TPSA) is 85.8 Å². The van der Waals surface area contributed by atoms with Crippen LogP contribution in [0.4, 0.5) is 5.69 Å². The molecular weight excluding hydrogens is 242 g/mol. The Labute approximate surface area is 111 Å². The van der Waals surface area contributed by atoms with E-state index in [9.17, 15) is 4.79 Å². The first-order valence-corrected chi connectivity index (χ1v) is 5.83. The van der Waals surface area contributed by atoms with Crippen LogP contribution >= 0.6 is 0 Å². The van der Waals surface area contributed by atoms with Crippen LogP contribution in [0.2, 0.25) is 0 Å². The van der Waals surface area contributed by atoms with E-state index in [-0.39, 0.29) is 5.91 Å². The SMILES string of the molecule is C=CCC(N)C(=O)Nc1cccc(-n2cnnc2)c1. The first-order valence-electron chi connectivity index (χ1n) is 5.83. The summed E-state index contributed by atoms with van der Waals surface area (Å²) >= 11 is 0. The zero-order chi connectivity index (χ0) is 13.7. The molecule has 0 aliphatic carbocycles. The summed E-state index contributed by atoms with van der Waals surface area (Å²) in [6.07, 6.45) is 5.24. The van der Waals surface area contributed by atoms with E-state index in [0.717, 1.165) is 5.69 Å². The van der Waals surface area contributed by atoms with Crippen LogP contribution in [-0.4, -0.2) is 26.7 Å². The third kappa shape index (κ3) is 3.26. The van der Waals surface area contributed by atoms with E-state index in [1.54, 1.807) is 29.4 Å². The monoisotopic (exact) mass is 257 g/mol. The van der Waals surface area contributed by atoms with E-state index in [0.29, 0.717) is 12.1 Å². The number of carbonyl (C=O) groups excluding carboxylic acids is 1. The van der Waals surface area contributed by atoms with E-state index in [1.807, 2.05) is 18.2 Å². The molecule has 1 heterocycles. The molecule has 1 aromatic carbocycles. The van der Waals surface area contributed by atoms with Gasteiger partial charge in [0.15, 0.2) is 0 Å². The Balaban J connectivity index is 2.11. The summed E-state index contributed by atoms with van der Waals surface area (Å²) in [4.78, 5) is 11.8. The number of nitrogens with zero attached hydrogens (tertiary/aromatic N) is 3. The van der Waals surface area contributed by atoms with Gasteiger partial charge in [-0.15, -0.1) is 16.8 Å². The summed E-state index contributed by atoms with van der Waals surface area (Å²) in [6.45, 7) is 3.56. The molecule has 0 radical (unpaired) electrons. The molecule has 6 nitrogen and oxygen atoms in total. The van der Waals surface area contributed by atoms with Crippen molar-refractivity contribution in [2.24, 2.45) is 5.73 Å².